The fourth-order valence-electron chi connectivity index (χ4n) is 5.31. The van der Waals surface area contributed by atoms with E-state index in [9.17, 15) is 4.79 Å². The molecule has 1 amide bonds. The van der Waals surface area contributed by atoms with Gasteiger partial charge in [-0.1, -0.05) is 24.3 Å². The third kappa shape index (κ3) is 7.51. The van der Waals surface area contributed by atoms with Crippen LogP contribution in [0.2, 0.25) is 0 Å². The Hall–Kier alpha value is -3.26. The van der Waals surface area contributed by atoms with Gasteiger partial charge in [0.05, 0.1) is 22.3 Å². The van der Waals surface area contributed by atoms with E-state index < -0.39 is 5.60 Å². The number of hydrogen-bond acceptors (Lipinski definition) is 8. The fourth-order valence-corrected chi connectivity index (χ4v) is 6.66. The summed E-state index contributed by atoms with van der Waals surface area (Å²) in [5.74, 6) is 3.47. The molecule has 0 bridgehead atoms. The van der Waals surface area contributed by atoms with E-state index in [1.165, 1.54) is 0 Å². The van der Waals surface area contributed by atoms with Crippen LogP contribution < -0.4 is 24.6 Å². The highest BCUT2D eigenvalue weighted by Gasteiger charge is 2.29. The monoisotopic (exact) mass is 776 g/mol. The molecule has 1 fully saturated rings. The van der Waals surface area contributed by atoms with Crippen molar-refractivity contribution in [1.29, 1.82) is 0 Å². The average molecular weight is 778 g/mol. The van der Waals surface area contributed by atoms with Crippen molar-refractivity contribution < 1.29 is 19.0 Å². The second kappa shape index (κ2) is 13.8. The Morgan fingerprint density at radius 2 is 1.55 bits per heavy atom. The van der Waals surface area contributed by atoms with Crippen molar-refractivity contribution in [3.8, 4) is 11.5 Å². The number of rotatable bonds is 9. The summed E-state index contributed by atoms with van der Waals surface area (Å²) in [5, 5.41) is 7.76. The van der Waals surface area contributed by atoms with Crippen LogP contribution in [0.5, 0.6) is 11.5 Å². The molecule has 0 unspecified atom stereocenters. The number of carbonyl (C=O) groups excluding carboxylic acids is 1. The number of ether oxygens (including phenoxy) is 3. The van der Waals surface area contributed by atoms with E-state index in [-0.39, 0.29) is 12.1 Å². The van der Waals surface area contributed by atoms with Gasteiger partial charge in [-0.15, -0.1) is 0 Å². The van der Waals surface area contributed by atoms with Crippen molar-refractivity contribution in [2.75, 3.05) is 37.1 Å². The molecule has 5 rings (SSSR count). The van der Waals surface area contributed by atoms with Gasteiger partial charge < -0.3 is 29.3 Å². The molecule has 10 nitrogen and oxygen atoms in total. The smallest absolute Gasteiger partial charge is 0.407 e. The molecule has 1 N–H and O–H groups in total. The first-order chi connectivity index (χ1) is 21.1. The summed E-state index contributed by atoms with van der Waals surface area (Å²) in [6.45, 7) is 8.43. The number of nitrogens with one attached hydrogen (secondary N) is 1. The van der Waals surface area contributed by atoms with Gasteiger partial charge in [-0.3, -0.25) is 0 Å². The first kappa shape index (κ1) is 32.1. The van der Waals surface area contributed by atoms with E-state index in [0.29, 0.717) is 13.1 Å². The Bertz CT molecular complexity index is 1530. The van der Waals surface area contributed by atoms with E-state index in [2.05, 4.69) is 77.9 Å². The Morgan fingerprint density at radius 1 is 1.00 bits per heavy atom. The molecular weight excluding hydrogens is 739 g/mol. The van der Waals surface area contributed by atoms with Gasteiger partial charge >= 0.3 is 6.09 Å². The molecule has 0 spiro atoms. The normalized spacial score (nSPS) is 14.0. The summed E-state index contributed by atoms with van der Waals surface area (Å²) in [5.41, 5.74) is 2.65. The van der Waals surface area contributed by atoms with Crippen LogP contribution >= 0.6 is 38.5 Å². The van der Waals surface area contributed by atoms with E-state index in [4.69, 9.17) is 24.3 Å². The molecule has 2 aromatic carbocycles. The summed E-state index contributed by atoms with van der Waals surface area (Å²) in [6.07, 6.45) is 2.87. The van der Waals surface area contributed by atoms with Crippen molar-refractivity contribution in [2.45, 2.75) is 58.3 Å². The Labute approximate surface area is 280 Å². The summed E-state index contributed by atoms with van der Waals surface area (Å²) in [4.78, 5) is 21.8. The van der Waals surface area contributed by atoms with Crippen LogP contribution in [0.15, 0.2) is 59.3 Å². The van der Waals surface area contributed by atoms with E-state index in [1.54, 1.807) is 20.5 Å². The molecule has 0 atom stereocenters. The number of piperidine rings is 1. The van der Waals surface area contributed by atoms with Crippen LogP contribution in [0.4, 0.5) is 16.4 Å². The molecule has 0 saturated carbocycles. The maximum absolute atomic E-state index is 12.3. The fraction of sp³-hybridized carbons (Fsp3) is 0.406. The van der Waals surface area contributed by atoms with E-state index in [0.717, 1.165) is 73.8 Å². The number of benzene rings is 2. The Kier molecular flexibility index (Phi) is 10.1. The quantitative estimate of drug-likeness (QED) is 0.186. The molecule has 3 heterocycles. The maximum Gasteiger partial charge on any atom is 0.407 e. The zero-order chi connectivity index (χ0) is 31.4. The van der Waals surface area contributed by atoms with Crippen molar-refractivity contribution in [3.63, 3.8) is 0 Å². The average Bonchev–Trinajstić information content (AvgIpc) is 3.26. The molecule has 1 saturated heterocycles. The van der Waals surface area contributed by atoms with Gasteiger partial charge in [0.2, 0.25) is 0 Å². The summed E-state index contributed by atoms with van der Waals surface area (Å²) in [6, 6.07) is 16.3. The van der Waals surface area contributed by atoms with Crippen molar-refractivity contribution >= 4 is 61.8 Å². The molecule has 2 aromatic heterocycles. The van der Waals surface area contributed by atoms with Gasteiger partial charge in [-0.25, -0.2) is 14.3 Å². The second-order valence-electron chi connectivity index (χ2n) is 11.8. The van der Waals surface area contributed by atoms with Gasteiger partial charge in [0.1, 0.15) is 34.8 Å². The van der Waals surface area contributed by atoms with Crippen LogP contribution in [-0.4, -0.2) is 59.6 Å². The molecule has 12 heteroatoms. The van der Waals surface area contributed by atoms with Crippen LogP contribution in [0, 0.1) is 3.57 Å². The van der Waals surface area contributed by atoms with E-state index >= 15 is 0 Å². The van der Waals surface area contributed by atoms with Gasteiger partial charge in [-0.05, 0) is 108 Å². The van der Waals surface area contributed by atoms with Crippen molar-refractivity contribution in [3.05, 3.63) is 74.0 Å². The van der Waals surface area contributed by atoms with Gasteiger partial charge in [0, 0.05) is 32.2 Å². The second-order valence-corrected chi connectivity index (χ2v) is 13.6. The minimum absolute atomic E-state index is 0.0584. The number of hydrogen-bond donors (Lipinski definition) is 1. The minimum atomic E-state index is -0.524. The largest absolute Gasteiger partial charge is 0.497 e. The van der Waals surface area contributed by atoms with Crippen LogP contribution in [0.1, 0.15) is 44.7 Å². The van der Waals surface area contributed by atoms with Gasteiger partial charge in [-0.2, -0.15) is 5.10 Å². The zero-order valence-electron chi connectivity index (χ0n) is 25.6. The molecule has 44 heavy (non-hydrogen) atoms. The first-order valence-corrected chi connectivity index (χ1v) is 16.4. The maximum atomic E-state index is 12.3. The third-order valence-corrected chi connectivity index (χ3v) is 9.98. The molecular formula is C32H38BrIN6O4. The number of nitrogens with zero attached hydrogens (tertiary/aromatic N) is 5. The molecule has 0 aliphatic carbocycles. The lowest BCUT2D eigenvalue weighted by Gasteiger charge is -2.34. The van der Waals surface area contributed by atoms with Crippen molar-refractivity contribution in [1.82, 2.24) is 19.9 Å². The number of anilines is 2. The lowest BCUT2D eigenvalue weighted by Crippen LogP contribution is -2.46. The number of alkyl carbamates (subject to hydrolysis) is 1. The predicted molar refractivity (Wildman–Crippen MR) is 184 cm³/mol. The Morgan fingerprint density at radius 3 is 2.05 bits per heavy atom. The predicted octanol–water partition coefficient (Wildman–Crippen LogP) is 6.81. The summed E-state index contributed by atoms with van der Waals surface area (Å²) >= 11 is 6.29. The first-order valence-electron chi connectivity index (χ1n) is 14.5. The number of aromatic nitrogens is 3. The minimum Gasteiger partial charge on any atom is -0.497 e. The van der Waals surface area contributed by atoms with Crippen LogP contribution in [-0.2, 0) is 17.8 Å². The number of methoxy groups -OCH3 is 2. The molecule has 4 aromatic rings. The Balaban J connectivity index is 1.44. The molecule has 234 valence electrons. The number of fused-ring (bicyclic) bond motifs is 1. The number of carbonyl (C=O) groups is 1. The summed E-state index contributed by atoms with van der Waals surface area (Å²) < 4.78 is 20.2. The molecule has 1 aliphatic rings. The highest BCUT2D eigenvalue weighted by molar-refractivity contribution is 14.1. The number of amides is 1. The SMILES string of the molecule is COc1ccc(CN(Cc2ccc(OC)cc2)c2ncnn3c(N4CCC(NC(=O)OC(C)(C)C)CC4)c(I)c(Br)c23)cc1. The lowest BCUT2D eigenvalue weighted by atomic mass is 10.1. The van der Waals surface area contributed by atoms with Crippen LogP contribution in [0.3, 0.4) is 0 Å². The third-order valence-electron chi connectivity index (χ3n) is 7.45. The lowest BCUT2D eigenvalue weighted by molar-refractivity contribution is 0.0497. The zero-order valence-corrected chi connectivity index (χ0v) is 29.4. The summed E-state index contributed by atoms with van der Waals surface area (Å²) in [7, 11) is 3.35. The molecule has 0 radical (unpaired) electrons. The molecule has 1 aliphatic heterocycles. The van der Waals surface area contributed by atoms with Gasteiger partial charge in [0.25, 0.3) is 0 Å². The van der Waals surface area contributed by atoms with Crippen molar-refractivity contribution in [2.24, 2.45) is 0 Å². The van der Waals surface area contributed by atoms with Gasteiger partial charge in [0.15, 0.2) is 5.82 Å². The topological polar surface area (TPSA) is 93.5 Å². The highest BCUT2D eigenvalue weighted by atomic mass is 127. The van der Waals surface area contributed by atoms with Crippen LogP contribution in [0.25, 0.3) is 5.52 Å². The van der Waals surface area contributed by atoms with E-state index in [1.807, 2.05) is 49.6 Å². The number of halogens is 2. The standard InChI is InChI=1S/C32H38BrIN6O4/c1-32(2,3)44-31(41)37-23-14-16-38(17-15-23)30-27(34)26(33)28-29(35-20-36-40(28)30)39(18-21-6-10-24(42-4)11-7-21)19-22-8-12-25(43-5)13-9-22/h6-13,20,23H,14-19H2,1-5H3,(H,37,41). The highest BCUT2D eigenvalue weighted by Crippen LogP contribution is 2.40.